The molecule has 0 atom stereocenters. The Morgan fingerprint density at radius 3 is 2.65 bits per heavy atom. The third-order valence-electron chi connectivity index (χ3n) is 2.58. The average Bonchev–Trinajstić information content (AvgIpc) is 2.67. The van der Waals surface area contributed by atoms with Crippen molar-refractivity contribution < 1.29 is 14.7 Å². The SMILES string of the molecule is CSc1ccc(/C=C2/SC(=S)N(CC(=O)O)C2=O)cc1. The van der Waals surface area contributed by atoms with E-state index in [9.17, 15) is 9.59 Å². The monoisotopic (exact) mass is 325 g/mol. The Morgan fingerprint density at radius 2 is 2.10 bits per heavy atom. The molecule has 1 fully saturated rings. The normalized spacial score (nSPS) is 17.1. The summed E-state index contributed by atoms with van der Waals surface area (Å²) in [5, 5.41) is 8.76. The predicted molar refractivity (Wildman–Crippen MR) is 85.7 cm³/mol. The zero-order chi connectivity index (χ0) is 14.7. The van der Waals surface area contributed by atoms with E-state index >= 15 is 0 Å². The number of amides is 1. The quantitative estimate of drug-likeness (QED) is 0.522. The van der Waals surface area contributed by atoms with Crippen LogP contribution in [-0.4, -0.2) is 39.0 Å². The van der Waals surface area contributed by atoms with E-state index in [0.29, 0.717) is 4.91 Å². The highest BCUT2D eigenvalue weighted by atomic mass is 32.2. The van der Waals surface area contributed by atoms with Crippen molar-refractivity contribution >= 4 is 58.0 Å². The van der Waals surface area contributed by atoms with Gasteiger partial charge in [0.05, 0.1) is 4.91 Å². The molecule has 4 nitrogen and oxygen atoms in total. The van der Waals surface area contributed by atoms with Gasteiger partial charge in [0.15, 0.2) is 0 Å². The molecule has 1 N–H and O–H groups in total. The molecule has 0 aliphatic carbocycles. The molecule has 1 aliphatic heterocycles. The van der Waals surface area contributed by atoms with E-state index < -0.39 is 12.5 Å². The van der Waals surface area contributed by atoms with E-state index in [0.717, 1.165) is 27.1 Å². The molecule has 0 saturated carbocycles. The van der Waals surface area contributed by atoms with Gasteiger partial charge in [0, 0.05) is 4.90 Å². The van der Waals surface area contributed by atoms with Crippen LogP contribution < -0.4 is 0 Å². The zero-order valence-electron chi connectivity index (χ0n) is 10.5. The molecule has 1 amide bonds. The van der Waals surface area contributed by atoms with E-state index in [2.05, 4.69) is 0 Å². The van der Waals surface area contributed by atoms with Gasteiger partial charge in [0.25, 0.3) is 5.91 Å². The lowest BCUT2D eigenvalue weighted by Gasteiger charge is -2.10. The van der Waals surface area contributed by atoms with Gasteiger partial charge >= 0.3 is 5.97 Å². The number of nitrogens with zero attached hydrogens (tertiary/aromatic N) is 1. The minimum atomic E-state index is -1.08. The van der Waals surface area contributed by atoms with Crippen molar-refractivity contribution in [3.8, 4) is 0 Å². The minimum absolute atomic E-state index is 0.282. The summed E-state index contributed by atoms with van der Waals surface area (Å²) in [7, 11) is 0. The highest BCUT2D eigenvalue weighted by molar-refractivity contribution is 8.26. The smallest absolute Gasteiger partial charge is 0.323 e. The number of hydrogen-bond donors (Lipinski definition) is 1. The van der Waals surface area contributed by atoms with Crippen LogP contribution in [-0.2, 0) is 9.59 Å². The fourth-order valence-electron chi connectivity index (χ4n) is 1.62. The number of carboxylic acid groups (broad SMARTS) is 1. The maximum absolute atomic E-state index is 12.1. The van der Waals surface area contributed by atoms with Gasteiger partial charge in [-0.25, -0.2) is 0 Å². The van der Waals surface area contributed by atoms with Crippen molar-refractivity contribution in [2.45, 2.75) is 4.90 Å². The fourth-order valence-corrected chi connectivity index (χ4v) is 3.29. The number of hydrogen-bond acceptors (Lipinski definition) is 5. The Hall–Kier alpha value is -1.31. The topological polar surface area (TPSA) is 57.6 Å². The molecule has 7 heteroatoms. The summed E-state index contributed by atoms with van der Waals surface area (Å²) in [6.07, 6.45) is 3.72. The molecule has 1 heterocycles. The number of thiocarbonyl (C=S) groups is 1. The number of carbonyl (C=O) groups excluding carboxylic acids is 1. The first-order chi connectivity index (χ1) is 9.51. The van der Waals surface area contributed by atoms with Gasteiger partial charge in [-0.2, -0.15) is 0 Å². The summed E-state index contributed by atoms with van der Waals surface area (Å²) in [6, 6.07) is 7.76. The van der Waals surface area contributed by atoms with E-state index in [1.54, 1.807) is 17.8 Å². The fraction of sp³-hybridized carbons (Fsp3) is 0.154. The first-order valence-electron chi connectivity index (χ1n) is 5.62. The van der Waals surface area contributed by atoms with Crippen LogP contribution in [0.4, 0.5) is 0 Å². The standard InChI is InChI=1S/C13H11NO3S3/c1-19-9-4-2-8(3-5-9)6-10-12(17)14(7-11(15)16)13(18)20-10/h2-6H,7H2,1H3,(H,15,16)/b10-6+. The summed E-state index contributed by atoms with van der Waals surface area (Å²) in [5.74, 6) is -1.43. The lowest BCUT2D eigenvalue weighted by molar-refractivity contribution is -0.140. The summed E-state index contributed by atoms with van der Waals surface area (Å²) in [4.78, 5) is 25.5. The Kier molecular flexibility index (Phi) is 4.85. The van der Waals surface area contributed by atoms with Gasteiger partial charge in [-0.05, 0) is 30.0 Å². The molecule has 1 saturated heterocycles. The highest BCUT2D eigenvalue weighted by Gasteiger charge is 2.33. The van der Waals surface area contributed by atoms with Crippen LogP contribution in [0, 0.1) is 0 Å². The largest absolute Gasteiger partial charge is 0.480 e. The van der Waals surface area contributed by atoms with Crippen LogP contribution in [0.5, 0.6) is 0 Å². The van der Waals surface area contributed by atoms with Crippen LogP contribution in [0.1, 0.15) is 5.56 Å². The van der Waals surface area contributed by atoms with E-state index in [-0.39, 0.29) is 10.2 Å². The second kappa shape index (κ2) is 6.43. The first-order valence-corrected chi connectivity index (χ1v) is 8.07. The van der Waals surface area contributed by atoms with Crippen molar-refractivity contribution in [2.24, 2.45) is 0 Å². The molecule has 1 aromatic carbocycles. The third-order valence-corrected chi connectivity index (χ3v) is 4.70. The maximum atomic E-state index is 12.1. The van der Waals surface area contributed by atoms with Gasteiger partial charge in [0.1, 0.15) is 10.9 Å². The zero-order valence-corrected chi connectivity index (χ0v) is 13.0. The van der Waals surface area contributed by atoms with Crippen LogP contribution in [0.2, 0.25) is 0 Å². The van der Waals surface area contributed by atoms with Gasteiger partial charge in [-0.3, -0.25) is 14.5 Å². The number of aliphatic carboxylic acids is 1. The highest BCUT2D eigenvalue weighted by Crippen LogP contribution is 2.32. The van der Waals surface area contributed by atoms with Crippen LogP contribution in [0.25, 0.3) is 6.08 Å². The van der Waals surface area contributed by atoms with E-state index in [4.69, 9.17) is 17.3 Å². The van der Waals surface area contributed by atoms with Crippen LogP contribution in [0.15, 0.2) is 34.1 Å². The summed E-state index contributed by atoms with van der Waals surface area (Å²) in [5.41, 5.74) is 0.888. The lowest BCUT2D eigenvalue weighted by atomic mass is 10.2. The molecule has 0 unspecified atom stereocenters. The van der Waals surface area contributed by atoms with Gasteiger partial charge in [-0.15, -0.1) is 11.8 Å². The molecular formula is C13H11NO3S3. The number of carboxylic acids is 1. The summed E-state index contributed by atoms with van der Waals surface area (Å²) < 4.78 is 0.282. The molecule has 1 aliphatic rings. The van der Waals surface area contributed by atoms with Gasteiger partial charge < -0.3 is 5.11 Å². The minimum Gasteiger partial charge on any atom is -0.480 e. The van der Waals surface area contributed by atoms with Crippen molar-refractivity contribution in [1.29, 1.82) is 0 Å². The lowest BCUT2D eigenvalue weighted by Crippen LogP contribution is -2.33. The number of benzene rings is 1. The Balaban J connectivity index is 2.20. The second-order valence-electron chi connectivity index (χ2n) is 3.93. The molecule has 0 radical (unpaired) electrons. The molecule has 20 heavy (non-hydrogen) atoms. The van der Waals surface area contributed by atoms with Crippen molar-refractivity contribution in [2.75, 3.05) is 12.8 Å². The molecule has 0 aromatic heterocycles. The predicted octanol–water partition coefficient (Wildman–Crippen LogP) is 2.69. The molecule has 0 spiro atoms. The molecule has 0 bridgehead atoms. The Bertz CT molecular complexity index is 595. The second-order valence-corrected chi connectivity index (χ2v) is 6.49. The Labute approximate surface area is 130 Å². The summed E-state index contributed by atoms with van der Waals surface area (Å²) in [6.45, 7) is -0.395. The summed E-state index contributed by atoms with van der Waals surface area (Å²) >= 11 is 7.80. The first kappa shape index (κ1) is 15.1. The van der Waals surface area contributed by atoms with Crippen molar-refractivity contribution in [1.82, 2.24) is 4.90 Å². The molecular weight excluding hydrogens is 314 g/mol. The van der Waals surface area contributed by atoms with Crippen molar-refractivity contribution in [3.63, 3.8) is 0 Å². The van der Waals surface area contributed by atoms with Gasteiger partial charge in [-0.1, -0.05) is 36.1 Å². The molecule has 1 aromatic rings. The average molecular weight is 325 g/mol. The maximum Gasteiger partial charge on any atom is 0.323 e. The van der Waals surface area contributed by atoms with E-state index in [1.807, 2.05) is 30.5 Å². The number of rotatable bonds is 4. The Morgan fingerprint density at radius 1 is 1.45 bits per heavy atom. The van der Waals surface area contributed by atoms with Crippen LogP contribution in [0.3, 0.4) is 0 Å². The van der Waals surface area contributed by atoms with Crippen molar-refractivity contribution in [3.05, 3.63) is 34.7 Å². The number of thioether (sulfide) groups is 2. The van der Waals surface area contributed by atoms with Crippen LogP contribution >= 0.6 is 35.7 Å². The van der Waals surface area contributed by atoms with Gasteiger partial charge in [0.2, 0.25) is 0 Å². The number of carbonyl (C=O) groups is 2. The molecule has 2 rings (SSSR count). The molecule has 104 valence electrons. The van der Waals surface area contributed by atoms with E-state index in [1.165, 1.54) is 0 Å². The third kappa shape index (κ3) is 3.41.